The lowest BCUT2D eigenvalue weighted by molar-refractivity contribution is -0.179. The van der Waals surface area contributed by atoms with Crippen molar-refractivity contribution in [3.63, 3.8) is 0 Å². The van der Waals surface area contributed by atoms with Crippen molar-refractivity contribution in [1.82, 2.24) is 20.0 Å². The van der Waals surface area contributed by atoms with Crippen molar-refractivity contribution in [3.05, 3.63) is 203 Å². The number of benzene rings is 6. The van der Waals surface area contributed by atoms with Gasteiger partial charge in [-0.05, 0) is 90.5 Å². The van der Waals surface area contributed by atoms with Crippen LogP contribution in [-0.2, 0) is 31.1 Å². The summed E-state index contributed by atoms with van der Waals surface area (Å²) in [6.45, 7) is 3.77. The number of morpholine rings is 1. The van der Waals surface area contributed by atoms with Crippen molar-refractivity contribution in [2.24, 2.45) is 5.92 Å². The van der Waals surface area contributed by atoms with Crippen LogP contribution in [0.15, 0.2) is 164 Å². The minimum absolute atomic E-state index is 0.0667. The van der Waals surface area contributed by atoms with Gasteiger partial charge in [-0.2, -0.15) is 0 Å². The van der Waals surface area contributed by atoms with Crippen LogP contribution in [0, 0.1) is 17.8 Å². The first-order valence-corrected chi connectivity index (χ1v) is 25.9. The quantitative estimate of drug-likeness (QED) is 0.0910. The molecule has 6 aromatic rings. The number of nitrogens with zero attached hydrogens (tertiary/aromatic N) is 4. The Bertz CT molecular complexity index is 2990. The number of esters is 1. The summed E-state index contributed by atoms with van der Waals surface area (Å²) in [5.41, 5.74) is 3.59. The van der Waals surface area contributed by atoms with Crippen LogP contribution in [0.2, 0.25) is 0 Å². The van der Waals surface area contributed by atoms with Crippen LogP contribution in [0.3, 0.4) is 0 Å². The number of urea groups is 1. The maximum absolute atomic E-state index is 16.9. The number of carbonyl (C=O) groups excluding carboxylic acids is 4. The Balaban J connectivity index is 1.22. The first-order valence-electron chi connectivity index (χ1n) is 25.9. The number of ether oxygens (including phenoxy) is 2. The molecule has 12 heteroatoms. The Kier molecular flexibility index (Phi) is 15.1. The average molecular weight is 990 g/mol. The van der Waals surface area contributed by atoms with Gasteiger partial charge in [-0.3, -0.25) is 24.2 Å². The number of likely N-dealkylation sites (tertiary alicyclic amines) is 1. The number of hydrogen-bond donors (Lipinski definition) is 2. The summed E-state index contributed by atoms with van der Waals surface area (Å²) in [6.07, 6.45) is 3.60. The third-order valence-electron chi connectivity index (χ3n) is 15.2. The maximum atomic E-state index is 16.9. The third-order valence-corrected chi connectivity index (χ3v) is 15.2. The fraction of sp³-hybridized carbons (Fsp3) is 0.323. The fourth-order valence-corrected chi connectivity index (χ4v) is 11.8. The normalized spacial score (nSPS) is 22.9. The summed E-state index contributed by atoms with van der Waals surface area (Å²) in [5, 5.41) is 12.8. The minimum atomic E-state index is -1.92. The summed E-state index contributed by atoms with van der Waals surface area (Å²) in [5.74, 6) is 4.27. The molecule has 4 heterocycles. The predicted octanol–water partition coefficient (Wildman–Crippen LogP) is 9.47. The number of fused-ring (bicyclic) bond motifs is 3. The van der Waals surface area contributed by atoms with Gasteiger partial charge in [-0.1, -0.05) is 165 Å². The molecule has 0 bridgehead atoms. The molecule has 3 saturated heterocycles. The molecule has 6 aromatic carbocycles. The Labute approximate surface area is 433 Å². The van der Waals surface area contributed by atoms with Crippen molar-refractivity contribution in [2.45, 2.75) is 81.3 Å². The number of rotatable bonds is 12. The molecule has 12 nitrogen and oxygen atoms in total. The van der Waals surface area contributed by atoms with Crippen LogP contribution in [-0.4, -0.2) is 89.6 Å². The lowest BCUT2D eigenvalue weighted by atomic mass is 9.64. The molecule has 0 radical (unpaired) electrons. The smallest absolute Gasteiger partial charge is 0.329 e. The van der Waals surface area contributed by atoms with Gasteiger partial charge in [0.2, 0.25) is 11.8 Å². The largest absolute Gasteiger partial charge is 0.491 e. The van der Waals surface area contributed by atoms with Gasteiger partial charge < -0.3 is 24.8 Å². The minimum Gasteiger partial charge on any atom is -0.491 e. The standard InChI is InChI=1S/C62H63N5O7/c1-43(46-24-12-7-13-25-46)63-61(72)66-52-35-30-44(23-20-36-64(2)42-45-21-10-6-11-22-45)41-51(52)62(60(66)71)53(58(69)65-37-18-4-3-5-19-38-65)55-59(70)74-56(48-28-16-9-17-29-48)54(47-26-14-8-15-27-47)67(55)57(62)49-31-33-50(34-32-49)73-40-39-68/h6-17,21-22,24-35,41,43,53-57,68H,3-5,18-19,36-40,42H2,1-2H3,(H,63,72). The summed E-state index contributed by atoms with van der Waals surface area (Å²) in [4.78, 5) is 71.5. The van der Waals surface area contributed by atoms with Crippen molar-refractivity contribution >= 4 is 29.5 Å². The van der Waals surface area contributed by atoms with E-state index in [1.807, 2.05) is 152 Å². The van der Waals surface area contributed by atoms with Gasteiger partial charge in [0.25, 0.3) is 0 Å². The van der Waals surface area contributed by atoms with E-state index in [1.165, 1.54) is 4.90 Å². The number of nitrogens with one attached hydrogen (secondary N) is 1. The summed E-state index contributed by atoms with van der Waals surface area (Å²) in [6, 6.07) is 47.7. The molecule has 4 amide bonds. The van der Waals surface area contributed by atoms with E-state index in [9.17, 15) is 5.11 Å². The molecule has 10 rings (SSSR count). The van der Waals surface area contributed by atoms with Crippen LogP contribution in [0.4, 0.5) is 10.5 Å². The number of carbonyl (C=O) groups is 4. The van der Waals surface area contributed by atoms with Gasteiger partial charge in [-0.15, -0.1) is 0 Å². The molecule has 1 spiro atoms. The van der Waals surface area contributed by atoms with Gasteiger partial charge in [0.1, 0.15) is 29.9 Å². The monoisotopic (exact) mass is 989 g/mol. The highest BCUT2D eigenvalue weighted by atomic mass is 16.6. The van der Waals surface area contributed by atoms with E-state index in [2.05, 4.69) is 39.1 Å². The van der Waals surface area contributed by atoms with Gasteiger partial charge in [0.05, 0.1) is 42.9 Å². The van der Waals surface area contributed by atoms with Crippen LogP contribution < -0.4 is 15.0 Å². The molecular weight excluding hydrogens is 927 g/mol. The highest BCUT2D eigenvalue weighted by Gasteiger charge is 2.76. The van der Waals surface area contributed by atoms with Crippen LogP contribution >= 0.6 is 0 Å². The number of anilines is 1. The molecule has 2 N–H and O–H groups in total. The van der Waals surface area contributed by atoms with Gasteiger partial charge in [0, 0.05) is 25.2 Å². The van der Waals surface area contributed by atoms with Gasteiger partial charge in [0.15, 0.2) is 0 Å². The second kappa shape index (κ2) is 22.3. The van der Waals surface area contributed by atoms with Crippen LogP contribution in [0.25, 0.3) is 0 Å². The molecule has 7 unspecified atom stereocenters. The number of aliphatic hydroxyl groups excluding tert-OH is 1. The van der Waals surface area contributed by atoms with E-state index in [-0.39, 0.29) is 19.1 Å². The molecule has 378 valence electrons. The van der Waals surface area contributed by atoms with E-state index in [0.29, 0.717) is 54.3 Å². The third kappa shape index (κ3) is 9.71. The molecule has 3 fully saturated rings. The van der Waals surface area contributed by atoms with Crippen molar-refractivity contribution in [3.8, 4) is 17.6 Å². The number of hydrogen-bond acceptors (Lipinski definition) is 9. The molecular formula is C62H63N5O7. The highest BCUT2D eigenvalue weighted by molar-refractivity contribution is 6.24. The zero-order chi connectivity index (χ0) is 51.2. The van der Waals surface area contributed by atoms with Crippen LogP contribution in [0.1, 0.15) is 102 Å². The number of cyclic esters (lactones) is 1. The van der Waals surface area contributed by atoms with Gasteiger partial charge >= 0.3 is 12.0 Å². The van der Waals surface area contributed by atoms with Crippen molar-refractivity contribution < 1.29 is 33.8 Å². The van der Waals surface area contributed by atoms with E-state index >= 15 is 19.2 Å². The number of amides is 4. The molecule has 4 aliphatic heterocycles. The summed E-state index contributed by atoms with van der Waals surface area (Å²) >= 11 is 0. The zero-order valence-electron chi connectivity index (χ0n) is 42.0. The van der Waals surface area contributed by atoms with Crippen molar-refractivity contribution in [1.29, 1.82) is 0 Å². The summed E-state index contributed by atoms with van der Waals surface area (Å²) in [7, 11) is 2.01. The Morgan fingerprint density at radius 3 is 2.05 bits per heavy atom. The maximum Gasteiger partial charge on any atom is 0.329 e. The molecule has 7 atom stereocenters. The predicted molar refractivity (Wildman–Crippen MR) is 284 cm³/mol. The van der Waals surface area contributed by atoms with Crippen LogP contribution in [0.5, 0.6) is 5.75 Å². The molecule has 0 aromatic heterocycles. The molecule has 4 aliphatic rings. The zero-order valence-corrected chi connectivity index (χ0v) is 42.0. The second-order valence-corrected chi connectivity index (χ2v) is 19.9. The average Bonchev–Trinajstić information content (AvgIpc) is 3.94. The lowest BCUT2D eigenvalue weighted by Crippen LogP contribution is -2.57. The van der Waals surface area contributed by atoms with E-state index in [4.69, 9.17) is 9.47 Å². The first-order chi connectivity index (χ1) is 36.2. The Morgan fingerprint density at radius 1 is 0.770 bits per heavy atom. The number of aliphatic hydroxyl groups is 1. The number of imide groups is 1. The molecule has 74 heavy (non-hydrogen) atoms. The second-order valence-electron chi connectivity index (χ2n) is 19.9. The van der Waals surface area contributed by atoms with Gasteiger partial charge in [-0.25, -0.2) is 9.69 Å². The lowest BCUT2D eigenvalue weighted by Gasteiger charge is -2.46. The highest BCUT2D eigenvalue weighted by Crippen LogP contribution is 2.66. The van der Waals surface area contributed by atoms with E-state index in [0.717, 1.165) is 54.4 Å². The molecule has 0 aliphatic carbocycles. The Morgan fingerprint density at radius 2 is 1.39 bits per heavy atom. The topological polar surface area (TPSA) is 132 Å². The SMILES string of the molecule is CC(NC(=O)N1C(=O)C2(c3cc(C#CCN(C)Cc4ccccc4)ccc31)C(C(=O)N1CCCCCCC1)C1C(=O)OC(c3ccccc3)C(c3ccccc3)N1C2c1ccc(OCCO)cc1)c1ccccc1. The van der Waals surface area contributed by atoms with Crippen molar-refractivity contribution in [2.75, 3.05) is 44.8 Å². The fourth-order valence-electron chi connectivity index (χ4n) is 11.8. The van der Waals surface area contributed by atoms with E-state index < -0.39 is 59.5 Å². The molecule has 0 saturated carbocycles. The summed E-state index contributed by atoms with van der Waals surface area (Å²) < 4.78 is 12.6. The van der Waals surface area contributed by atoms with E-state index in [1.54, 1.807) is 18.2 Å². The first kappa shape index (κ1) is 50.0. The Hall–Kier alpha value is -7.56.